The van der Waals surface area contributed by atoms with Crippen molar-refractivity contribution in [3.8, 4) is 0 Å². The highest BCUT2D eigenvalue weighted by molar-refractivity contribution is 6.00. The number of carbonyl (C=O) groups is 3. The number of anilines is 2. The van der Waals surface area contributed by atoms with Crippen LogP contribution >= 0.6 is 0 Å². The first kappa shape index (κ1) is 23.1. The summed E-state index contributed by atoms with van der Waals surface area (Å²) in [5, 5.41) is 7.99. The molecule has 0 saturated heterocycles. The molecule has 0 radical (unpaired) electrons. The maximum atomic E-state index is 13.4. The van der Waals surface area contributed by atoms with Gasteiger partial charge >= 0.3 is 12.1 Å². The van der Waals surface area contributed by atoms with E-state index in [1.807, 2.05) is 42.5 Å². The van der Waals surface area contributed by atoms with E-state index in [0.29, 0.717) is 25.1 Å². The molecule has 2 aromatic rings. The number of urea groups is 1. The first-order valence-corrected chi connectivity index (χ1v) is 10.6. The molecule has 0 bridgehead atoms. The second-order valence-corrected chi connectivity index (χ2v) is 8.70. The second-order valence-electron chi connectivity index (χ2n) is 8.70. The average Bonchev–Trinajstić information content (AvgIpc) is 2.85. The SMILES string of the molecule is CNC(=O)NC1CCc2ccccc2N(Cc2cccc(NC(=O)OC(C)(C)C)c2)C1=O. The third-order valence-corrected chi connectivity index (χ3v) is 4.99. The van der Waals surface area contributed by atoms with Crippen molar-refractivity contribution in [2.75, 3.05) is 17.3 Å². The van der Waals surface area contributed by atoms with Gasteiger partial charge in [-0.15, -0.1) is 0 Å². The van der Waals surface area contributed by atoms with Gasteiger partial charge in [-0.25, -0.2) is 9.59 Å². The van der Waals surface area contributed by atoms with Gasteiger partial charge in [-0.2, -0.15) is 0 Å². The van der Waals surface area contributed by atoms with Crippen molar-refractivity contribution in [2.24, 2.45) is 0 Å². The van der Waals surface area contributed by atoms with Crippen molar-refractivity contribution >= 4 is 29.4 Å². The number of nitrogens with one attached hydrogen (secondary N) is 3. The average molecular weight is 439 g/mol. The molecule has 1 heterocycles. The van der Waals surface area contributed by atoms with E-state index in [4.69, 9.17) is 4.74 Å². The normalized spacial score (nSPS) is 15.9. The Hall–Kier alpha value is -3.55. The van der Waals surface area contributed by atoms with E-state index < -0.39 is 23.8 Å². The molecule has 170 valence electrons. The summed E-state index contributed by atoms with van der Waals surface area (Å²) in [6.45, 7) is 5.70. The summed E-state index contributed by atoms with van der Waals surface area (Å²) in [6.07, 6.45) is 0.647. The fourth-order valence-electron chi connectivity index (χ4n) is 3.59. The molecule has 3 rings (SSSR count). The Labute approximate surface area is 188 Å². The first-order chi connectivity index (χ1) is 15.2. The highest BCUT2D eigenvalue weighted by atomic mass is 16.6. The summed E-state index contributed by atoms with van der Waals surface area (Å²) in [5.41, 5.74) is 2.68. The lowest BCUT2D eigenvalue weighted by Gasteiger charge is -2.26. The molecular weight excluding hydrogens is 408 g/mol. The summed E-state index contributed by atoms with van der Waals surface area (Å²) in [6, 6.07) is 14.0. The quantitative estimate of drug-likeness (QED) is 0.676. The van der Waals surface area contributed by atoms with Crippen molar-refractivity contribution < 1.29 is 19.1 Å². The lowest BCUT2D eigenvalue weighted by Crippen LogP contribution is -2.50. The van der Waals surface area contributed by atoms with Crippen LogP contribution in [0.1, 0.15) is 38.3 Å². The molecule has 0 aliphatic carbocycles. The molecule has 4 amide bonds. The number of carbonyl (C=O) groups excluding carboxylic acids is 3. The number of para-hydroxylation sites is 1. The van der Waals surface area contributed by atoms with E-state index in [2.05, 4.69) is 16.0 Å². The summed E-state index contributed by atoms with van der Waals surface area (Å²) in [5.74, 6) is -0.177. The second kappa shape index (κ2) is 9.72. The van der Waals surface area contributed by atoms with E-state index in [1.165, 1.54) is 7.05 Å². The van der Waals surface area contributed by atoms with Crippen LogP contribution in [0, 0.1) is 0 Å². The van der Waals surface area contributed by atoms with Crippen LogP contribution in [0.15, 0.2) is 48.5 Å². The number of amides is 4. The standard InChI is InChI=1S/C24H30N4O4/c1-24(2,3)32-23(31)26-18-10-7-8-16(14-18)15-28-20-11-6-5-9-17(20)12-13-19(21(28)29)27-22(30)25-4/h5-11,14,19H,12-13,15H2,1-4H3,(H,26,31)(H2,25,27,30). The highest BCUT2D eigenvalue weighted by Crippen LogP contribution is 2.29. The van der Waals surface area contributed by atoms with Gasteiger partial charge in [0.2, 0.25) is 5.91 Å². The van der Waals surface area contributed by atoms with Gasteiger partial charge in [-0.3, -0.25) is 10.1 Å². The highest BCUT2D eigenvalue weighted by Gasteiger charge is 2.31. The van der Waals surface area contributed by atoms with Crippen LogP contribution in [0.4, 0.5) is 21.0 Å². The lowest BCUT2D eigenvalue weighted by atomic mass is 10.1. The van der Waals surface area contributed by atoms with Gasteiger partial charge in [0.15, 0.2) is 0 Å². The molecule has 1 atom stereocenters. The Balaban J connectivity index is 1.84. The molecule has 1 aliphatic heterocycles. The Morgan fingerprint density at radius 2 is 1.88 bits per heavy atom. The third kappa shape index (κ3) is 6.00. The largest absolute Gasteiger partial charge is 0.444 e. The molecule has 0 spiro atoms. The summed E-state index contributed by atoms with van der Waals surface area (Å²) in [7, 11) is 1.52. The number of fused-ring (bicyclic) bond motifs is 1. The van der Waals surface area contributed by atoms with Crippen molar-refractivity contribution in [1.29, 1.82) is 0 Å². The van der Waals surface area contributed by atoms with E-state index >= 15 is 0 Å². The van der Waals surface area contributed by atoms with Crippen LogP contribution in [-0.4, -0.2) is 36.7 Å². The number of hydrogen-bond donors (Lipinski definition) is 3. The fourth-order valence-corrected chi connectivity index (χ4v) is 3.59. The zero-order chi connectivity index (χ0) is 23.3. The Kier molecular flexibility index (Phi) is 7.02. The van der Waals surface area contributed by atoms with Crippen LogP contribution in [0.5, 0.6) is 0 Å². The van der Waals surface area contributed by atoms with Gasteiger partial charge in [-0.05, 0) is 62.9 Å². The zero-order valence-corrected chi connectivity index (χ0v) is 18.9. The molecule has 3 N–H and O–H groups in total. The van der Waals surface area contributed by atoms with Crippen molar-refractivity contribution in [1.82, 2.24) is 10.6 Å². The van der Waals surface area contributed by atoms with Crippen LogP contribution in [0.3, 0.4) is 0 Å². The predicted octanol–water partition coefficient (Wildman–Crippen LogP) is 3.81. The number of ether oxygens (including phenoxy) is 1. The van der Waals surface area contributed by atoms with Crippen LogP contribution in [-0.2, 0) is 22.5 Å². The number of nitrogens with zero attached hydrogens (tertiary/aromatic N) is 1. The van der Waals surface area contributed by atoms with Gasteiger partial charge in [0, 0.05) is 18.4 Å². The molecule has 0 fully saturated rings. The molecule has 32 heavy (non-hydrogen) atoms. The molecule has 0 saturated carbocycles. The van der Waals surface area contributed by atoms with E-state index in [9.17, 15) is 14.4 Å². The Morgan fingerprint density at radius 1 is 1.12 bits per heavy atom. The van der Waals surface area contributed by atoms with Gasteiger partial charge in [0.25, 0.3) is 0 Å². The van der Waals surface area contributed by atoms with Crippen molar-refractivity contribution in [2.45, 2.75) is 51.8 Å². The van der Waals surface area contributed by atoms with E-state index in [1.54, 1.807) is 31.7 Å². The van der Waals surface area contributed by atoms with Crippen LogP contribution in [0.25, 0.3) is 0 Å². The summed E-state index contributed by atoms with van der Waals surface area (Å²) in [4.78, 5) is 39.1. The molecule has 8 heteroatoms. The van der Waals surface area contributed by atoms with Crippen molar-refractivity contribution in [3.05, 3.63) is 59.7 Å². The first-order valence-electron chi connectivity index (χ1n) is 10.6. The Morgan fingerprint density at radius 3 is 2.59 bits per heavy atom. The maximum Gasteiger partial charge on any atom is 0.412 e. The third-order valence-electron chi connectivity index (χ3n) is 4.99. The number of rotatable bonds is 4. The number of benzene rings is 2. The monoisotopic (exact) mass is 438 g/mol. The molecular formula is C24H30N4O4. The predicted molar refractivity (Wildman–Crippen MR) is 124 cm³/mol. The molecule has 1 unspecified atom stereocenters. The topological polar surface area (TPSA) is 99.8 Å². The van der Waals surface area contributed by atoms with Gasteiger partial charge in [-0.1, -0.05) is 30.3 Å². The van der Waals surface area contributed by atoms with E-state index in [-0.39, 0.29) is 5.91 Å². The van der Waals surface area contributed by atoms with E-state index in [0.717, 1.165) is 16.8 Å². The van der Waals surface area contributed by atoms with Gasteiger partial charge in [0.05, 0.1) is 6.54 Å². The molecule has 1 aliphatic rings. The molecule has 0 aromatic heterocycles. The van der Waals surface area contributed by atoms with Crippen LogP contribution < -0.4 is 20.9 Å². The zero-order valence-electron chi connectivity index (χ0n) is 18.9. The fraction of sp³-hybridized carbons (Fsp3) is 0.375. The number of aryl methyl sites for hydroxylation is 1. The minimum absolute atomic E-state index is 0.177. The lowest BCUT2D eigenvalue weighted by molar-refractivity contribution is -0.120. The maximum absolute atomic E-state index is 13.4. The summed E-state index contributed by atoms with van der Waals surface area (Å²) >= 11 is 0. The molecule has 2 aromatic carbocycles. The van der Waals surface area contributed by atoms with Gasteiger partial charge in [0.1, 0.15) is 11.6 Å². The Bertz CT molecular complexity index is 999. The van der Waals surface area contributed by atoms with Gasteiger partial charge < -0.3 is 20.3 Å². The number of hydrogen-bond acceptors (Lipinski definition) is 4. The van der Waals surface area contributed by atoms with Crippen molar-refractivity contribution in [3.63, 3.8) is 0 Å². The smallest absolute Gasteiger partial charge is 0.412 e. The summed E-state index contributed by atoms with van der Waals surface area (Å²) < 4.78 is 5.31. The minimum atomic E-state index is -0.634. The molecule has 8 nitrogen and oxygen atoms in total. The minimum Gasteiger partial charge on any atom is -0.444 e. The van der Waals surface area contributed by atoms with Crippen LogP contribution in [0.2, 0.25) is 0 Å².